The molecule has 0 saturated heterocycles. The van der Waals surface area contributed by atoms with Crippen LogP contribution in [-0.4, -0.2) is 25.9 Å². The summed E-state index contributed by atoms with van der Waals surface area (Å²) in [5.41, 5.74) is 1.00. The predicted molar refractivity (Wildman–Crippen MR) is 99.0 cm³/mol. The summed E-state index contributed by atoms with van der Waals surface area (Å²) in [5, 5.41) is 8.46. The zero-order valence-corrected chi connectivity index (χ0v) is 15.0. The van der Waals surface area contributed by atoms with Gasteiger partial charge in [0.05, 0.1) is 23.3 Å². The SMILES string of the molecule is O=c1ccn(-c2ccc(OC(F)(F)F)cc2)nc1-c1ccnn1-c1ccc(F)cc1. The van der Waals surface area contributed by atoms with E-state index in [1.807, 2.05) is 0 Å². The average molecular weight is 416 g/mol. The summed E-state index contributed by atoms with van der Waals surface area (Å²) in [6.45, 7) is 0. The van der Waals surface area contributed by atoms with Gasteiger partial charge in [-0.2, -0.15) is 10.2 Å². The van der Waals surface area contributed by atoms with Crippen molar-refractivity contribution in [3.63, 3.8) is 0 Å². The maximum Gasteiger partial charge on any atom is 0.573 e. The Bertz CT molecular complexity index is 1230. The monoisotopic (exact) mass is 416 g/mol. The van der Waals surface area contributed by atoms with Crippen molar-refractivity contribution in [1.82, 2.24) is 19.6 Å². The fourth-order valence-corrected chi connectivity index (χ4v) is 2.80. The number of halogens is 4. The van der Waals surface area contributed by atoms with Gasteiger partial charge in [-0.1, -0.05) is 0 Å². The topological polar surface area (TPSA) is 61.9 Å². The van der Waals surface area contributed by atoms with E-state index in [0.29, 0.717) is 17.1 Å². The second-order valence-electron chi connectivity index (χ2n) is 6.12. The Morgan fingerprint density at radius 3 is 2.20 bits per heavy atom. The molecular formula is C20H12F4N4O2. The maximum atomic E-state index is 13.2. The van der Waals surface area contributed by atoms with Gasteiger partial charge in [-0.3, -0.25) is 4.79 Å². The summed E-state index contributed by atoms with van der Waals surface area (Å²) in [7, 11) is 0. The Hall–Kier alpha value is -3.95. The highest BCUT2D eigenvalue weighted by molar-refractivity contribution is 5.57. The van der Waals surface area contributed by atoms with Crippen molar-refractivity contribution >= 4 is 0 Å². The van der Waals surface area contributed by atoms with Gasteiger partial charge in [-0.05, 0) is 54.6 Å². The molecule has 4 aromatic rings. The minimum atomic E-state index is -4.79. The molecule has 0 aliphatic heterocycles. The molecule has 0 atom stereocenters. The van der Waals surface area contributed by atoms with Crippen molar-refractivity contribution in [3.8, 4) is 28.5 Å². The molecule has 30 heavy (non-hydrogen) atoms. The lowest BCUT2D eigenvalue weighted by Crippen LogP contribution is -2.17. The lowest BCUT2D eigenvalue weighted by atomic mass is 10.2. The van der Waals surface area contributed by atoms with Crippen LogP contribution in [0.4, 0.5) is 17.6 Å². The van der Waals surface area contributed by atoms with Gasteiger partial charge < -0.3 is 4.74 Å². The number of ether oxygens (including phenoxy) is 1. The first-order valence-electron chi connectivity index (χ1n) is 8.57. The largest absolute Gasteiger partial charge is 0.573 e. The zero-order chi connectivity index (χ0) is 21.3. The minimum Gasteiger partial charge on any atom is -0.406 e. The van der Waals surface area contributed by atoms with Gasteiger partial charge in [0.15, 0.2) is 5.69 Å². The summed E-state index contributed by atoms with van der Waals surface area (Å²) in [5.74, 6) is -0.785. The van der Waals surface area contributed by atoms with Gasteiger partial charge in [0.1, 0.15) is 11.6 Å². The standard InChI is InChI=1S/C20H12F4N4O2/c21-13-1-3-15(4-2-13)28-17(9-11-25-28)19-18(29)10-12-27(26-19)14-5-7-16(8-6-14)30-20(22,23)24/h1-12H. The van der Waals surface area contributed by atoms with E-state index in [4.69, 9.17) is 0 Å². The van der Waals surface area contributed by atoms with Gasteiger partial charge in [-0.25, -0.2) is 13.8 Å². The van der Waals surface area contributed by atoms with Crippen molar-refractivity contribution in [2.24, 2.45) is 0 Å². The van der Waals surface area contributed by atoms with Crippen LogP contribution >= 0.6 is 0 Å². The molecule has 0 amide bonds. The molecule has 0 spiro atoms. The summed E-state index contributed by atoms with van der Waals surface area (Å²) in [4.78, 5) is 12.4. The first kappa shape index (κ1) is 19.4. The van der Waals surface area contributed by atoms with Gasteiger partial charge in [0.25, 0.3) is 0 Å². The first-order valence-corrected chi connectivity index (χ1v) is 8.57. The second kappa shape index (κ2) is 7.47. The van der Waals surface area contributed by atoms with Crippen LogP contribution in [0.1, 0.15) is 0 Å². The number of benzene rings is 2. The Morgan fingerprint density at radius 2 is 1.53 bits per heavy atom. The molecule has 0 bridgehead atoms. The Balaban J connectivity index is 1.71. The molecule has 0 radical (unpaired) electrons. The highest BCUT2D eigenvalue weighted by Gasteiger charge is 2.31. The van der Waals surface area contributed by atoms with Crippen molar-refractivity contribution < 1.29 is 22.3 Å². The fourth-order valence-electron chi connectivity index (χ4n) is 2.80. The molecule has 6 nitrogen and oxygen atoms in total. The van der Waals surface area contributed by atoms with Gasteiger partial charge in [0.2, 0.25) is 5.43 Å². The second-order valence-corrected chi connectivity index (χ2v) is 6.12. The van der Waals surface area contributed by atoms with E-state index in [-0.39, 0.29) is 16.9 Å². The number of alkyl halides is 3. The predicted octanol–water partition coefficient (Wildman–Crippen LogP) is 4.12. The van der Waals surface area contributed by atoms with Crippen LogP contribution in [0.15, 0.2) is 77.9 Å². The zero-order valence-electron chi connectivity index (χ0n) is 15.0. The number of aromatic nitrogens is 4. The molecular weight excluding hydrogens is 404 g/mol. The molecule has 0 unspecified atom stereocenters. The fraction of sp³-hybridized carbons (Fsp3) is 0.0500. The average Bonchev–Trinajstić information content (AvgIpc) is 3.18. The summed E-state index contributed by atoms with van der Waals surface area (Å²) in [6.07, 6.45) is -1.92. The number of hydrogen-bond acceptors (Lipinski definition) is 4. The lowest BCUT2D eigenvalue weighted by Gasteiger charge is -2.11. The Kier molecular flexibility index (Phi) is 4.82. The van der Waals surface area contributed by atoms with Gasteiger partial charge >= 0.3 is 6.36 Å². The van der Waals surface area contributed by atoms with Crippen LogP contribution in [0, 0.1) is 5.82 Å². The van der Waals surface area contributed by atoms with Crippen LogP contribution in [0.5, 0.6) is 5.75 Å². The van der Waals surface area contributed by atoms with Crippen LogP contribution in [0.2, 0.25) is 0 Å². The van der Waals surface area contributed by atoms with E-state index in [1.54, 1.807) is 6.07 Å². The first-order chi connectivity index (χ1) is 14.3. The number of hydrogen-bond donors (Lipinski definition) is 0. The number of nitrogens with zero attached hydrogens (tertiary/aromatic N) is 4. The molecule has 0 fully saturated rings. The van der Waals surface area contributed by atoms with Crippen molar-refractivity contribution in [1.29, 1.82) is 0 Å². The molecule has 2 aromatic carbocycles. The molecule has 0 N–H and O–H groups in total. The van der Waals surface area contributed by atoms with Crippen molar-refractivity contribution in [3.05, 3.63) is 89.1 Å². The summed E-state index contributed by atoms with van der Waals surface area (Å²) >= 11 is 0. The van der Waals surface area contributed by atoms with Gasteiger partial charge in [-0.15, -0.1) is 13.2 Å². The molecule has 0 saturated carbocycles. The van der Waals surface area contributed by atoms with Crippen LogP contribution < -0.4 is 10.2 Å². The lowest BCUT2D eigenvalue weighted by molar-refractivity contribution is -0.274. The molecule has 2 aromatic heterocycles. The molecule has 152 valence electrons. The van der Waals surface area contributed by atoms with Crippen molar-refractivity contribution in [2.75, 3.05) is 0 Å². The highest BCUT2D eigenvalue weighted by atomic mass is 19.4. The van der Waals surface area contributed by atoms with E-state index in [9.17, 15) is 22.4 Å². The van der Waals surface area contributed by atoms with E-state index in [0.717, 1.165) is 12.1 Å². The molecule has 2 heterocycles. The Labute approximate surface area is 166 Å². The normalized spacial score (nSPS) is 11.5. The quantitative estimate of drug-likeness (QED) is 0.470. The molecule has 4 rings (SSSR count). The van der Waals surface area contributed by atoms with Crippen LogP contribution in [0.25, 0.3) is 22.8 Å². The van der Waals surface area contributed by atoms with Crippen LogP contribution in [0.3, 0.4) is 0 Å². The van der Waals surface area contributed by atoms with E-state index in [1.165, 1.54) is 64.2 Å². The third kappa shape index (κ3) is 4.07. The van der Waals surface area contributed by atoms with Gasteiger partial charge in [0, 0.05) is 12.3 Å². The van der Waals surface area contributed by atoms with E-state index >= 15 is 0 Å². The van der Waals surface area contributed by atoms with E-state index < -0.39 is 12.2 Å². The summed E-state index contributed by atoms with van der Waals surface area (Å²) < 4.78 is 56.8. The van der Waals surface area contributed by atoms with Crippen LogP contribution in [-0.2, 0) is 0 Å². The third-order valence-electron chi connectivity index (χ3n) is 4.10. The van der Waals surface area contributed by atoms with Crippen molar-refractivity contribution in [2.45, 2.75) is 6.36 Å². The maximum absolute atomic E-state index is 13.2. The molecule has 0 aliphatic rings. The highest BCUT2D eigenvalue weighted by Crippen LogP contribution is 2.24. The molecule has 0 aliphatic carbocycles. The minimum absolute atomic E-state index is 0.0648. The molecule has 10 heteroatoms. The Morgan fingerprint density at radius 1 is 0.867 bits per heavy atom. The van der Waals surface area contributed by atoms with E-state index in [2.05, 4.69) is 14.9 Å². The third-order valence-corrected chi connectivity index (χ3v) is 4.10. The summed E-state index contributed by atoms with van der Waals surface area (Å²) in [6, 6.07) is 13.4. The smallest absolute Gasteiger partial charge is 0.406 e. The number of rotatable bonds is 4.